The average molecular weight is 396 g/mol. The third kappa shape index (κ3) is 3.71. The number of nitriles is 1. The number of hydrogen-bond acceptors (Lipinski definition) is 6. The van der Waals surface area contributed by atoms with Crippen molar-refractivity contribution in [3.63, 3.8) is 0 Å². The van der Waals surface area contributed by atoms with Crippen LogP contribution in [0.2, 0.25) is 0 Å². The summed E-state index contributed by atoms with van der Waals surface area (Å²) in [5.74, 6) is 2.16. The first-order chi connectivity index (χ1) is 14.6. The quantitative estimate of drug-likeness (QED) is 0.535. The molecule has 0 saturated carbocycles. The SMILES string of the molecule is CCc1nn(-c2cc(Oc3ccc(C)cc3)nc(-c3ccccc3)n2)c(N)c1C#N. The van der Waals surface area contributed by atoms with Crippen LogP contribution in [-0.2, 0) is 6.42 Å². The summed E-state index contributed by atoms with van der Waals surface area (Å²) in [5, 5.41) is 13.9. The van der Waals surface area contributed by atoms with Gasteiger partial charge in [0.2, 0.25) is 5.88 Å². The minimum Gasteiger partial charge on any atom is -0.439 e. The highest BCUT2D eigenvalue weighted by atomic mass is 16.5. The summed E-state index contributed by atoms with van der Waals surface area (Å²) in [6, 6.07) is 21.1. The van der Waals surface area contributed by atoms with E-state index in [1.807, 2.05) is 68.4 Å². The van der Waals surface area contributed by atoms with Crippen molar-refractivity contribution >= 4 is 5.82 Å². The van der Waals surface area contributed by atoms with E-state index in [0.717, 1.165) is 11.1 Å². The Bertz CT molecular complexity index is 1220. The number of rotatable bonds is 5. The van der Waals surface area contributed by atoms with Gasteiger partial charge in [-0.15, -0.1) is 0 Å². The number of aromatic nitrogens is 4. The fraction of sp³-hybridized carbons (Fsp3) is 0.130. The fourth-order valence-corrected chi connectivity index (χ4v) is 3.04. The lowest BCUT2D eigenvalue weighted by Gasteiger charge is -2.10. The van der Waals surface area contributed by atoms with Gasteiger partial charge in [0, 0.05) is 11.6 Å². The number of anilines is 1. The van der Waals surface area contributed by atoms with E-state index in [0.29, 0.717) is 40.9 Å². The highest BCUT2D eigenvalue weighted by molar-refractivity contribution is 5.59. The summed E-state index contributed by atoms with van der Waals surface area (Å²) in [6.07, 6.45) is 0.587. The highest BCUT2D eigenvalue weighted by Gasteiger charge is 2.18. The molecule has 2 aromatic heterocycles. The number of ether oxygens (including phenoxy) is 1. The molecule has 0 aliphatic carbocycles. The van der Waals surface area contributed by atoms with E-state index >= 15 is 0 Å². The molecule has 0 atom stereocenters. The largest absolute Gasteiger partial charge is 0.439 e. The van der Waals surface area contributed by atoms with Crippen molar-refractivity contribution in [2.45, 2.75) is 20.3 Å². The smallest absolute Gasteiger partial charge is 0.225 e. The fourth-order valence-electron chi connectivity index (χ4n) is 3.04. The molecule has 2 aromatic carbocycles. The van der Waals surface area contributed by atoms with Gasteiger partial charge in [-0.25, -0.2) is 4.98 Å². The van der Waals surface area contributed by atoms with Gasteiger partial charge < -0.3 is 10.5 Å². The third-order valence-corrected chi connectivity index (χ3v) is 4.62. The van der Waals surface area contributed by atoms with E-state index in [1.54, 1.807) is 6.07 Å². The minimum atomic E-state index is 0.244. The van der Waals surface area contributed by atoms with Gasteiger partial charge >= 0.3 is 0 Å². The van der Waals surface area contributed by atoms with Crippen molar-refractivity contribution in [1.82, 2.24) is 19.7 Å². The van der Waals surface area contributed by atoms with E-state index in [9.17, 15) is 5.26 Å². The van der Waals surface area contributed by atoms with Crippen molar-refractivity contribution < 1.29 is 4.74 Å². The van der Waals surface area contributed by atoms with Gasteiger partial charge in [0.15, 0.2) is 11.6 Å². The second-order valence-corrected chi connectivity index (χ2v) is 6.75. The zero-order valence-corrected chi connectivity index (χ0v) is 16.7. The summed E-state index contributed by atoms with van der Waals surface area (Å²) in [4.78, 5) is 9.20. The Morgan fingerprint density at radius 3 is 2.43 bits per heavy atom. The predicted octanol–water partition coefficient (Wildman–Crippen LogP) is 4.45. The van der Waals surface area contributed by atoms with Crippen LogP contribution in [0.1, 0.15) is 23.7 Å². The van der Waals surface area contributed by atoms with Crippen LogP contribution >= 0.6 is 0 Å². The lowest BCUT2D eigenvalue weighted by atomic mass is 10.2. The monoisotopic (exact) mass is 396 g/mol. The van der Waals surface area contributed by atoms with Gasteiger partial charge in [-0.3, -0.25) is 0 Å². The van der Waals surface area contributed by atoms with Crippen LogP contribution in [0.3, 0.4) is 0 Å². The molecule has 4 rings (SSSR count). The standard InChI is InChI=1S/C23H20N6O/c1-3-19-18(14-24)22(25)29(28-19)20-13-21(30-17-11-9-15(2)10-12-17)27-23(26-20)16-7-5-4-6-8-16/h4-13H,3,25H2,1-2H3. The molecule has 0 aliphatic rings. The zero-order valence-electron chi connectivity index (χ0n) is 16.7. The van der Waals surface area contributed by atoms with Gasteiger partial charge in [-0.1, -0.05) is 55.0 Å². The Labute approximate surface area is 174 Å². The van der Waals surface area contributed by atoms with Crippen molar-refractivity contribution in [2.75, 3.05) is 5.73 Å². The molecule has 30 heavy (non-hydrogen) atoms. The lowest BCUT2D eigenvalue weighted by molar-refractivity contribution is 0.461. The number of nitrogens with zero attached hydrogens (tertiary/aromatic N) is 5. The Hall–Kier alpha value is -4.18. The molecule has 148 valence electrons. The molecule has 0 fully saturated rings. The molecule has 7 nitrogen and oxygen atoms in total. The summed E-state index contributed by atoms with van der Waals surface area (Å²) >= 11 is 0. The number of hydrogen-bond donors (Lipinski definition) is 1. The lowest BCUT2D eigenvalue weighted by Crippen LogP contribution is -2.07. The summed E-state index contributed by atoms with van der Waals surface area (Å²) < 4.78 is 7.45. The molecule has 0 saturated heterocycles. The molecule has 2 N–H and O–H groups in total. The maximum absolute atomic E-state index is 9.45. The van der Waals surface area contributed by atoms with Crippen LogP contribution in [-0.4, -0.2) is 19.7 Å². The van der Waals surface area contributed by atoms with Gasteiger partial charge in [0.1, 0.15) is 23.2 Å². The van der Waals surface area contributed by atoms with Crippen LogP contribution in [0.4, 0.5) is 5.82 Å². The second kappa shape index (κ2) is 8.05. The van der Waals surface area contributed by atoms with E-state index in [-0.39, 0.29) is 5.82 Å². The molecule has 0 amide bonds. The topological polar surface area (TPSA) is 103 Å². The normalized spacial score (nSPS) is 10.6. The van der Waals surface area contributed by atoms with Crippen LogP contribution in [0.25, 0.3) is 17.2 Å². The molecule has 0 spiro atoms. The molecule has 0 bridgehead atoms. The third-order valence-electron chi connectivity index (χ3n) is 4.62. The number of nitrogen functional groups attached to an aromatic ring is 1. The second-order valence-electron chi connectivity index (χ2n) is 6.75. The maximum Gasteiger partial charge on any atom is 0.225 e. The molecular weight excluding hydrogens is 376 g/mol. The summed E-state index contributed by atoms with van der Waals surface area (Å²) in [6.45, 7) is 3.94. The minimum absolute atomic E-state index is 0.244. The van der Waals surface area contributed by atoms with Crippen molar-refractivity contribution in [2.24, 2.45) is 0 Å². The number of nitrogens with two attached hydrogens (primary N) is 1. The van der Waals surface area contributed by atoms with Crippen molar-refractivity contribution in [3.05, 3.63) is 77.5 Å². The summed E-state index contributed by atoms with van der Waals surface area (Å²) in [5.41, 5.74) is 9.15. The van der Waals surface area contributed by atoms with Gasteiger partial charge in [0.25, 0.3) is 0 Å². The molecule has 4 aromatic rings. The molecule has 0 aliphatic heterocycles. The van der Waals surface area contributed by atoms with Gasteiger partial charge in [-0.2, -0.15) is 20.0 Å². The maximum atomic E-state index is 9.45. The number of aryl methyl sites for hydroxylation is 2. The van der Waals surface area contributed by atoms with Crippen molar-refractivity contribution in [3.8, 4) is 34.9 Å². The molecule has 2 heterocycles. The Balaban J connectivity index is 1.85. The van der Waals surface area contributed by atoms with Crippen molar-refractivity contribution in [1.29, 1.82) is 5.26 Å². The van der Waals surface area contributed by atoms with Crippen LogP contribution in [0.15, 0.2) is 60.7 Å². The molecular formula is C23H20N6O. The van der Waals surface area contributed by atoms with E-state index in [2.05, 4.69) is 21.1 Å². The van der Waals surface area contributed by atoms with E-state index in [4.69, 9.17) is 10.5 Å². The highest BCUT2D eigenvalue weighted by Crippen LogP contribution is 2.27. The average Bonchev–Trinajstić information content (AvgIpc) is 3.11. The van der Waals surface area contributed by atoms with Gasteiger partial charge in [-0.05, 0) is 25.5 Å². The zero-order chi connectivity index (χ0) is 21.1. The first-order valence-corrected chi connectivity index (χ1v) is 9.56. The Kier molecular flexibility index (Phi) is 5.14. The Morgan fingerprint density at radius 1 is 1.07 bits per heavy atom. The van der Waals surface area contributed by atoms with Gasteiger partial charge in [0.05, 0.1) is 5.69 Å². The predicted molar refractivity (Wildman–Crippen MR) is 114 cm³/mol. The molecule has 0 unspecified atom stereocenters. The van der Waals surface area contributed by atoms with Crippen LogP contribution < -0.4 is 10.5 Å². The summed E-state index contributed by atoms with van der Waals surface area (Å²) in [7, 11) is 0. The number of benzene rings is 2. The molecule has 0 radical (unpaired) electrons. The first kappa shape index (κ1) is 19.2. The Morgan fingerprint density at radius 2 is 1.80 bits per heavy atom. The van der Waals surface area contributed by atoms with E-state index < -0.39 is 0 Å². The molecule has 7 heteroatoms. The van der Waals surface area contributed by atoms with Crippen LogP contribution in [0, 0.1) is 18.3 Å². The van der Waals surface area contributed by atoms with Crippen LogP contribution in [0.5, 0.6) is 11.6 Å². The van der Waals surface area contributed by atoms with E-state index in [1.165, 1.54) is 4.68 Å². The first-order valence-electron chi connectivity index (χ1n) is 9.56.